The second-order valence-corrected chi connectivity index (χ2v) is 5.19. The monoisotopic (exact) mass is 279 g/mol. The average Bonchev–Trinajstić information content (AvgIpc) is 2.70. The first kappa shape index (κ1) is 14.3. The molecule has 2 amide bonds. The van der Waals surface area contributed by atoms with Crippen LogP contribution in [-0.4, -0.2) is 29.8 Å². The van der Waals surface area contributed by atoms with Crippen LogP contribution in [0.1, 0.15) is 19.8 Å². The zero-order valence-corrected chi connectivity index (χ0v) is 11.4. The third kappa shape index (κ3) is 3.46. The molecule has 1 heterocycles. The molecule has 1 fully saturated rings. The van der Waals surface area contributed by atoms with Crippen molar-refractivity contribution in [2.75, 3.05) is 24.1 Å². The van der Waals surface area contributed by atoms with Crippen molar-refractivity contribution in [1.29, 1.82) is 0 Å². The molecule has 0 spiro atoms. The van der Waals surface area contributed by atoms with Crippen LogP contribution in [0.15, 0.2) is 18.2 Å². The van der Waals surface area contributed by atoms with Gasteiger partial charge in [-0.1, -0.05) is 6.92 Å². The van der Waals surface area contributed by atoms with Gasteiger partial charge < -0.3 is 16.0 Å². The number of rotatable bonds is 4. The number of amides is 2. The zero-order valence-electron chi connectivity index (χ0n) is 11.4. The fourth-order valence-electron chi connectivity index (χ4n) is 2.27. The van der Waals surface area contributed by atoms with Crippen LogP contribution in [0.25, 0.3) is 0 Å². The number of hydrogen-bond acceptors (Lipinski definition) is 3. The number of halogens is 1. The summed E-state index contributed by atoms with van der Waals surface area (Å²) in [5.41, 5.74) is 5.99. The lowest BCUT2D eigenvalue weighted by molar-refractivity contribution is -0.128. The van der Waals surface area contributed by atoms with Crippen LogP contribution in [0.5, 0.6) is 0 Å². The molecule has 1 aliphatic heterocycles. The molecule has 0 saturated carbocycles. The lowest BCUT2D eigenvalue weighted by Crippen LogP contribution is -2.29. The minimum absolute atomic E-state index is 0.0658. The van der Waals surface area contributed by atoms with E-state index in [0.29, 0.717) is 31.1 Å². The molecule has 3 N–H and O–H groups in total. The number of carbonyl (C=O) groups is 2. The Hall–Kier alpha value is -2.11. The van der Waals surface area contributed by atoms with Gasteiger partial charge in [-0.25, -0.2) is 4.39 Å². The highest BCUT2D eigenvalue weighted by Crippen LogP contribution is 2.19. The van der Waals surface area contributed by atoms with Gasteiger partial charge in [-0.2, -0.15) is 0 Å². The third-order valence-electron chi connectivity index (χ3n) is 3.28. The van der Waals surface area contributed by atoms with Crippen LogP contribution in [0.3, 0.4) is 0 Å². The number of likely N-dealkylation sites (tertiary alicyclic amines) is 1. The first-order valence-corrected chi connectivity index (χ1v) is 6.58. The summed E-state index contributed by atoms with van der Waals surface area (Å²) in [5, 5.41) is 2.47. The van der Waals surface area contributed by atoms with Crippen molar-refractivity contribution in [1.82, 2.24) is 4.90 Å². The minimum Gasteiger partial charge on any atom is -0.399 e. The summed E-state index contributed by atoms with van der Waals surface area (Å²) in [6.07, 6.45) is 0.679. The normalized spacial score (nSPS) is 18.4. The smallest absolute Gasteiger partial charge is 0.226 e. The van der Waals surface area contributed by atoms with Crippen LogP contribution >= 0.6 is 0 Å². The molecule has 20 heavy (non-hydrogen) atoms. The van der Waals surface area contributed by atoms with Gasteiger partial charge >= 0.3 is 0 Å². The molecule has 1 unspecified atom stereocenters. The summed E-state index contributed by atoms with van der Waals surface area (Å²) in [6, 6.07) is 4.00. The van der Waals surface area contributed by atoms with Gasteiger partial charge in [0.1, 0.15) is 5.82 Å². The molecule has 2 rings (SSSR count). The number of nitrogens with two attached hydrogens (primary N) is 1. The first-order chi connectivity index (χ1) is 9.45. The quantitative estimate of drug-likeness (QED) is 0.822. The fourth-order valence-corrected chi connectivity index (χ4v) is 2.27. The Labute approximate surface area is 116 Å². The lowest BCUT2D eigenvalue weighted by Gasteiger charge is -2.15. The standard InChI is InChI=1S/C14H18FN3O2/c1-9-6-14(20)18(8-9)5-4-13(19)17-12-7-10(16)2-3-11(12)15/h2-3,7,9H,4-6,8,16H2,1H3,(H,17,19). The molecule has 108 valence electrons. The Bertz CT molecular complexity index is 533. The highest BCUT2D eigenvalue weighted by Gasteiger charge is 2.26. The summed E-state index contributed by atoms with van der Waals surface area (Å²) in [6.45, 7) is 3.04. The Morgan fingerprint density at radius 1 is 1.55 bits per heavy atom. The van der Waals surface area contributed by atoms with E-state index in [9.17, 15) is 14.0 Å². The van der Waals surface area contributed by atoms with E-state index in [-0.39, 0.29) is 23.9 Å². The molecule has 0 aromatic heterocycles. The molecular formula is C14H18FN3O2. The van der Waals surface area contributed by atoms with Gasteiger partial charge in [0.15, 0.2) is 0 Å². The predicted molar refractivity (Wildman–Crippen MR) is 74.4 cm³/mol. The highest BCUT2D eigenvalue weighted by molar-refractivity contribution is 5.91. The van der Waals surface area contributed by atoms with Crippen LogP contribution < -0.4 is 11.1 Å². The highest BCUT2D eigenvalue weighted by atomic mass is 19.1. The summed E-state index contributed by atoms with van der Waals surface area (Å²) in [5.74, 6) is -0.461. The molecule has 1 aromatic rings. The average molecular weight is 279 g/mol. The molecule has 1 aromatic carbocycles. The molecule has 1 aliphatic rings. The van der Waals surface area contributed by atoms with Gasteiger partial charge in [0, 0.05) is 31.6 Å². The number of anilines is 2. The number of nitrogens with one attached hydrogen (secondary N) is 1. The predicted octanol–water partition coefficient (Wildman–Crippen LogP) is 1.60. The van der Waals surface area contributed by atoms with Gasteiger partial charge in [-0.3, -0.25) is 9.59 Å². The Morgan fingerprint density at radius 2 is 2.30 bits per heavy atom. The van der Waals surface area contributed by atoms with Crippen molar-refractivity contribution in [3.05, 3.63) is 24.0 Å². The summed E-state index contributed by atoms with van der Waals surface area (Å²) in [7, 11) is 0. The molecule has 0 radical (unpaired) electrons. The van der Waals surface area contributed by atoms with Crippen LogP contribution in [0, 0.1) is 11.7 Å². The second kappa shape index (κ2) is 5.90. The van der Waals surface area contributed by atoms with Crippen molar-refractivity contribution in [3.63, 3.8) is 0 Å². The van der Waals surface area contributed by atoms with Gasteiger partial charge in [0.2, 0.25) is 11.8 Å². The molecule has 1 saturated heterocycles. The van der Waals surface area contributed by atoms with E-state index in [1.54, 1.807) is 4.90 Å². The number of hydrogen-bond donors (Lipinski definition) is 2. The lowest BCUT2D eigenvalue weighted by atomic mass is 10.2. The number of carbonyl (C=O) groups excluding carboxylic acids is 2. The second-order valence-electron chi connectivity index (χ2n) is 5.19. The largest absolute Gasteiger partial charge is 0.399 e. The zero-order chi connectivity index (χ0) is 14.7. The van der Waals surface area contributed by atoms with Gasteiger partial charge in [-0.05, 0) is 24.1 Å². The molecule has 5 nitrogen and oxygen atoms in total. The third-order valence-corrected chi connectivity index (χ3v) is 3.28. The van der Waals surface area contributed by atoms with Crippen LogP contribution in [0.4, 0.5) is 15.8 Å². The van der Waals surface area contributed by atoms with E-state index in [2.05, 4.69) is 5.32 Å². The molecule has 0 aliphatic carbocycles. The summed E-state index contributed by atoms with van der Waals surface area (Å²) >= 11 is 0. The maximum absolute atomic E-state index is 13.4. The van der Waals surface area contributed by atoms with E-state index in [4.69, 9.17) is 5.73 Å². The number of nitrogen functional groups attached to an aromatic ring is 1. The van der Waals surface area contributed by atoms with E-state index in [0.717, 1.165) is 0 Å². The Morgan fingerprint density at radius 3 is 2.95 bits per heavy atom. The Balaban J connectivity index is 1.87. The summed E-state index contributed by atoms with van der Waals surface area (Å²) in [4.78, 5) is 25.0. The van der Waals surface area contributed by atoms with E-state index >= 15 is 0 Å². The van der Waals surface area contributed by atoms with Gasteiger partial charge in [0.05, 0.1) is 5.69 Å². The van der Waals surface area contributed by atoms with Crippen molar-refractivity contribution in [3.8, 4) is 0 Å². The van der Waals surface area contributed by atoms with Crippen LogP contribution in [0.2, 0.25) is 0 Å². The van der Waals surface area contributed by atoms with Crippen molar-refractivity contribution < 1.29 is 14.0 Å². The fraction of sp³-hybridized carbons (Fsp3) is 0.429. The maximum Gasteiger partial charge on any atom is 0.226 e. The molecule has 1 atom stereocenters. The SMILES string of the molecule is CC1CC(=O)N(CCC(=O)Nc2cc(N)ccc2F)C1. The van der Waals surface area contributed by atoms with Crippen LogP contribution in [-0.2, 0) is 9.59 Å². The topological polar surface area (TPSA) is 75.4 Å². The number of benzene rings is 1. The molecule has 0 bridgehead atoms. The van der Waals surface area contributed by atoms with E-state index in [1.165, 1.54) is 18.2 Å². The van der Waals surface area contributed by atoms with Gasteiger partial charge in [-0.15, -0.1) is 0 Å². The molecule has 6 heteroatoms. The number of nitrogens with zero attached hydrogens (tertiary/aromatic N) is 1. The Kier molecular flexibility index (Phi) is 4.22. The minimum atomic E-state index is -0.529. The maximum atomic E-state index is 13.4. The van der Waals surface area contributed by atoms with Gasteiger partial charge in [0.25, 0.3) is 0 Å². The van der Waals surface area contributed by atoms with Crippen molar-refractivity contribution >= 4 is 23.2 Å². The van der Waals surface area contributed by atoms with E-state index in [1.807, 2.05) is 6.92 Å². The molecular weight excluding hydrogens is 261 g/mol. The van der Waals surface area contributed by atoms with Crippen molar-refractivity contribution in [2.24, 2.45) is 5.92 Å². The first-order valence-electron chi connectivity index (χ1n) is 6.58. The van der Waals surface area contributed by atoms with Crippen molar-refractivity contribution in [2.45, 2.75) is 19.8 Å². The summed E-state index contributed by atoms with van der Waals surface area (Å²) < 4.78 is 13.4. The van der Waals surface area contributed by atoms with E-state index < -0.39 is 5.82 Å².